The van der Waals surface area contributed by atoms with Crippen molar-refractivity contribution in [2.24, 2.45) is 0 Å². The van der Waals surface area contributed by atoms with E-state index >= 15 is 0 Å². The molecule has 0 aliphatic carbocycles. The SMILES string of the molecule is COc1cc(O)[c]cc1O. The molecule has 0 saturated carbocycles. The quantitative estimate of drug-likeness (QED) is 0.568. The van der Waals surface area contributed by atoms with Gasteiger partial charge in [0.1, 0.15) is 5.75 Å². The smallest absolute Gasteiger partial charge is 0.164 e. The molecule has 10 heavy (non-hydrogen) atoms. The van der Waals surface area contributed by atoms with Crippen LogP contribution in [-0.2, 0) is 0 Å². The first-order chi connectivity index (χ1) is 4.74. The van der Waals surface area contributed by atoms with Crippen molar-refractivity contribution in [2.75, 3.05) is 7.11 Å². The van der Waals surface area contributed by atoms with E-state index in [4.69, 9.17) is 14.9 Å². The summed E-state index contributed by atoms with van der Waals surface area (Å²) in [6.45, 7) is 0. The van der Waals surface area contributed by atoms with Crippen molar-refractivity contribution in [1.29, 1.82) is 0 Å². The molecule has 0 bridgehead atoms. The van der Waals surface area contributed by atoms with Crippen LogP contribution in [0.4, 0.5) is 0 Å². The fourth-order valence-electron chi connectivity index (χ4n) is 0.617. The number of methoxy groups -OCH3 is 1. The summed E-state index contributed by atoms with van der Waals surface area (Å²) < 4.78 is 4.70. The number of phenolic OH excluding ortho intramolecular Hbond substituents is 2. The van der Waals surface area contributed by atoms with Crippen molar-refractivity contribution in [3.05, 3.63) is 18.2 Å². The molecule has 3 nitrogen and oxygen atoms in total. The third-order valence-electron chi connectivity index (χ3n) is 1.10. The molecule has 0 unspecified atom stereocenters. The maximum absolute atomic E-state index is 8.97. The highest BCUT2D eigenvalue weighted by Gasteiger charge is 1.99. The van der Waals surface area contributed by atoms with E-state index in [9.17, 15) is 0 Å². The lowest BCUT2D eigenvalue weighted by Crippen LogP contribution is -1.82. The first-order valence-corrected chi connectivity index (χ1v) is 2.71. The molecule has 0 fully saturated rings. The van der Waals surface area contributed by atoms with Crippen LogP contribution < -0.4 is 4.74 Å². The highest BCUT2D eigenvalue weighted by Crippen LogP contribution is 2.28. The van der Waals surface area contributed by atoms with Crippen LogP contribution in [-0.4, -0.2) is 17.3 Å². The lowest BCUT2D eigenvalue weighted by atomic mass is 10.3. The average molecular weight is 139 g/mol. The molecule has 1 aromatic carbocycles. The molecule has 0 spiro atoms. The van der Waals surface area contributed by atoms with E-state index in [0.717, 1.165) is 0 Å². The molecular formula is C7H7O3. The van der Waals surface area contributed by atoms with Gasteiger partial charge in [-0.2, -0.15) is 0 Å². The number of aromatic hydroxyl groups is 2. The molecule has 0 saturated heterocycles. The van der Waals surface area contributed by atoms with Crippen molar-refractivity contribution in [3.8, 4) is 17.2 Å². The first kappa shape index (κ1) is 6.74. The molecule has 1 radical (unpaired) electrons. The van der Waals surface area contributed by atoms with Gasteiger partial charge in [0.15, 0.2) is 11.5 Å². The van der Waals surface area contributed by atoms with Gasteiger partial charge in [-0.25, -0.2) is 0 Å². The van der Waals surface area contributed by atoms with Gasteiger partial charge in [0.25, 0.3) is 0 Å². The van der Waals surface area contributed by atoms with Crippen molar-refractivity contribution in [2.45, 2.75) is 0 Å². The first-order valence-electron chi connectivity index (χ1n) is 2.71. The van der Waals surface area contributed by atoms with Crippen molar-refractivity contribution in [1.82, 2.24) is 0 Å². The Morgan fingerprint density at radius 1 is 1.50 bits per heavy atom. The van der Waals surface area contributed by atoms with Gasteiger partial charge < -0.3 is 14.9 Å². The number of benzene rings is 1. The molecular weight excluding hydrogens is 132 g/mol. The Kier molecular flexibility index (Phi) is 1.67. The normalized spacial score (nSPS) is 9.30. The minimum Gasteiger partial charge on any atom is -0.507 e. The van der Waals surface area contributed by atoms with E-state index in [1.165, 1.54) is 19.2 Å². The zero-order valence-corrected chi connectivity index (χ0v) is 5.46. The van der Waals surface area contributed by atoms with Crippen molar-refractivity contribution in [3.63, 3.8) is 0 Å². The summed E-state index contributed by atoms with van der Waals surface area (Å²) in [4.78, 5) is 0. The Morgan fingerprint density at radius 2 is 2.20 bits per heavy atom. The Bertz CT molecular complexity index is 232. The minimum absolute atomic E-state index is 0.0275. The van der Waals surface area contributed by atoms with Crippen LogP contribution in [0.5, 0.6) is 17.2 Å². The fourth-order valence-corrected chi connectivity index (χ4v) is 0.617. The van der Waals surface area contributed by atoms with Crippen LogP contribution in [0.3, 0.4) is 0 Å². The highest BCUT2D eigenvalue weighted by molar-refractivity contribution is 5.42. The predicted octanol–water partition coefficient (Wildman–Crippen LogP) is 0.907. The largest absolute Gasteiger partial charge is 0.507 e. The van der Waals surface area contributed by atoms with Gasteiger partial charge in [0, 0.05) is 12.1 Å². The second-order valence-electron chi connectivity index (χ2n) is 1.77. The van der Waals surface area contributed by atoms with Crippen LogP contribution in [0.2, 0.25) is 0 Å². The number of ether oxygens (including phenoxy) is 1. The Labute approximate surface area is 58.5 Å². The van der Waals surface area contributed by atoms with E-state index in [1.807, 2.05) is 0 Å². The van der Waals surface area contributed by atoms with Gasteiger partial charge in [0.2, 0.25) is 0 Å². The van der Waals surface area contributed by atoms with Crippen LogP contribution >= 0.6 is 0 Å². The van der Waals surface area contributed by atoms with Gasteiger partial charge in [-0.15, -0.1) is 0 Å². The molecule has 0 aliphatic rings. The number of hydrogen-bond donors (Lipinski definition) is 2. The molecule has 3 heteroatoms. The molecule has 1 aromatic rings. The van der Waals surface area contributed by atoms with Gasteiger partial charge in [-0.05, 0) is 6.07 Å². The molecule has 0 aliphatic heterocycles. The molecule has 2 N–H and O–H groups in total. The summed E-state index contributed by atoms with van der Waals surface area (Å²) in [5.41, 5.74) is 0. The fraction of sp³-hybridized carbons (Fsp3) is 0.143. The third kappa shape index (κ3) is 1.13. The Morgan fingerprint density at radius 3 is 2.70 bits per heavy atom. The number of hydrogen-bond acceptors (Lipinski definition) is 3. The summed E-state index contributed by atoms with van der Waals surface area (Å²) in [5, 5.41) is 17.8. The standard InChI is InChI=1S/C7H7O3/c1-10-7-4-5(8)2-3-6(7)9/h3-4,8-9H,1H3. The molecule has 0 amide bonds. The van der Waals surface area contributed by atoms with Crippen LogP contribution in [0.25, 0.3) is 0 Å². The van der Waals surface area contributed by atoms with E-state index in [0.29, 0.717) is 0 Å². The van der Waals surface area contributed by atoms with E-state index < -0.39 is 0 Å². The van der Waals surface area contributed by atoms with Gasteiger partial charge >= 0.3 is 0 Å². The third-order valence-corrected chi connectivity index (χ3v) is 1.10. The maximum atomic E-state index is 8.97. The molecule has 0 heterocycles. The zero-order valence-electron chi connectivity index (χ0n) is 5.46. The topological polar surface area (TPSA) is 49.7 Å². The summed E-state index contributed by atoms with van der Waals surface area (Å²) in [5.74, 6) is 0.172. The maximum Gasteiger partial charge on any atom is 0.164 e. The molecule has 53 valence electrons. The van der Waals surface area contributed by atoms with E-state index in [-0.39, 0.29) is 17.2 Å². The monoisotopic (exact) mass is 139 g/mol. The van der Waals surface area contributed by atoms with E-state index in [1.54, 1.807) is 0 Å². The number of phenols is 2. The summed E-state index contributed by atoms with van der Waals surface area (Å²) in [6.07, 6.45) is 0. The summed E-state index contributed by atoms with van der Waals surface area (Å²) >= 11 is 0. The minimum atomic E-state index is -0.0466. The number of rotatable bonds is 1. The second-order valence-corrected chi connectivity index (χ2v) is 1.77. The lowest BCUT2D eigenvalue weighted by Gasteiger charge is -2.01. The van der Waals surface area contributed by atoms with Crippen LogP contribution in [0.1, 0.15) is 0 Å². The Hall–Kier alpha value is -1.38. The van der Waals surface area contributed by atoms with Gasteiger partial charge in [0.05, 0.1) is 7.11 Å². The highest BCUT2D eigenvalue weighted by atomic mass is 16.5. The zero-order chi connectivity index (χ0) is 7.56. The predicted molar refractivity (Wildman–Crippen MR) is 35.2 cm³/mol. The van der Waals surface area contributed by atoms with Crippen LogP contribution in [0, 0.1) is 6.07 Å². The van der Waals surface area contributed by atoms with Crippen molar-refractivity contribution >= 4 is 0 Å². The second kappa shape index (κ2) is 2.47. The van der Waals surface area contributed by atoms with Crippen molar-refractivity contribution < 1.29 is 14.9 Å². The lowest BCUT2D eigenvalue weighted by molar-refractivity contribution is 0.368. The Balaban J connectivity index is 3.09. The average Bonchev–Trinajstić information content (AvgIpc) is 1.94. The molecule has 0 aromatic heterocycles. The van der Waals surface area contributed by atoms with E-state index in [2.05, 4.69) is 6.07 Å². The summed E-state index contributed by atoms with van der Waals surface area (Å²) in [6, 6.07) is 4.93. The summed E-state index contributed by atoms with van der Waals surface area (Å²) in [7, 11) is 1.41. The van der Waals surface area contributed by atoms with Gasteiger partial charge in [-0.1, -0.05) is 0 Å². The van der Waals surface area contributed by atoms with Crippen LogP contribution in [0.15, 0.2) is 12.1 Å². The molecule has 0 atom stereocenters. The van der Waals surface area contributed by atoms with Gasteiger partial charge in [-0.3, -0.25) is 0 Å². The molecule has 1 rings (SSSR count).